The van der Waals surface area contributed by atoms with Crippen LogP contribution in [0.3, 0.4) is 0 Å². The van der Waals surface area contributed by atoms with E-state index in [9.17, 15) is 9.59 Å². The number of aromatic nitrogens is 1. The summed E-state index contributed by atoms with van der Waals surface area (Å²) in [6, 6.07) is 1.89. The largest absolute Gasteiger partial charge is 0.478 e. The van der Waals surface area contributed by atoms with Crippen LogP contribution in [0.25, 0.3) is 6.08 Å². The number of carbonyl (C=O) groups is 2. The summed E-state index contributed by atoms with van der Waals surface area (Å²) in [4.78, 5) is 25.6. The van der Waals surface area contributed by atoms with Crippen molar-refractivity contribution in [2.75, 3.05) is 11.9 Å². The summed E-state index contributed by atoms with van der Waals surface area (Å²) in [5.74, 6) is -0.107. The topological polar surface area (TPSA) is 79.3 Å². The SMILES string of the molecule is CCc1cc(/C=C/C(=O)O)cnc1NCCC(C)=O. The molecule has 0 amide bonds. The summed E-state index contributed by atoms with van der Waals surface area (Å²) in [5, 5.41) is 11.7. The van der Waals surface area contributed by atoms with Crippen molar-refractivity contribution < 1.29 is 14.7 Å². The zero-order chi connectivity index (χ0) is 14.3. The molecule has 0 saturated carbocycles. The quantitative estimate of drug-likeness (QED) is 0.736. The van der Waals surface area contributed by atoms with Gasteiger partial charge in [-0.2, -0.15) is 0 Å². The van der Waals surface area contributed by atoms with E-state index >= 15 is 0 Å². The average Bonchev–Trinajstić information content (AvgIpc) is 2.36. The van der Waals surface area contributed by atoms with E-state index in [0.29, 0.717) is 13.0 Å². The Balaban J connectivity index is 2.78. The van der Waals surface area contributed by atoms with Crippen LogP contribution in [-0.2, 0) is 16.0 Å². The Morgan fingerprint density at radius 2 is 2.21 bits per heavy atom. The van der Waals surface area contributed by atoms with Crippen molar-refractivity contribution in [2.45, 2.75) is 26.7 Å². The third kappa shape index (κ3) is 5.33. The number of hydrogen-bond donors (Lipinski definition) is 2. The summed E-state index contributed by atoms with van der Waals surface area (Å²) in [7, 11) is 0. The monoisotopic (exact) mass is 262 g/mol. The Labute approximate surface area is 112 Å². The number of pyridine rings is 1. The third-order valence-electron chi connectivity index (χ3n) is 2.56. The van der Waals surface area contributed by atoms with Crippen LogP contribution in [0.4, 0.5) is 5.82 Å². The fourth-order valence-electron chi connectivity index (χ4n) is 1.57. The Morgan fingerprint density at radius 3 is 2.79 bits per heavy atom. The average molecular weight is 262 g/mol. The molecule has 1 aromatic heterocycles. The lowest BCUT2D eigenvalue weighted by atomic mass is 10.1. The minimum absolute atomic E-state index is 0.131. The molecule has 0 aromatic carbocycles. The van der Waals surface area contributed by atoms with Gasteiger partial charge in [-0.15, -0.1) is 0 Å². The van der Waals surface area contributed by atoms with Crippen LogP contribution in [0.15, 0.2) is 18.3 Å². The second-order valence-electron chi connectivity index (χ2n) is 4.18. The summed E-state index contributed by atoms with van der Waals surface area (Å²) >= 11 is 0. The number of nitrogens with zero attached hydrogens (tertiary/aromatic N) is 1. The predicted molar refractivity (Wildman–Crippen MR) is 74.1 cm³/mol. The summed E-state index contributed by atoms with van der Waals surface area (Å²) in [5.41, 5.74) is 1.74. The molecule has 0 aliphatic rings. The molecule has 1 heterocycles. The fraction of sp³-hybridized carbons (Fsp3) is 0.357. The number of anilines is 1. The highest BCUT2D eigenvalue weighted by molar-refractivity contribution is 5.85. The van der Waals surface area contributed by atoms with Crippen molar-refractivity contribution >= 4 is 23.6 Å². The molecule has 1 aromatic rings. The lowest BCUT2D eigenvalue weighted by Crippen LogP contribution is -2.09. The second kappa shape index (κ2) is 7.31. The number of rotatable bonds is 7. The molecule has 0 unspecified atom stereocenters. The van der Waals surface area contributed by atoms with Crippen molar-refractivity contribution in [3.8, 4) is 0 Å². The Morgan fingerprint density at radius 1 is 1.47 bits per heavy atom. The zero-order valence-electron chi connectivity index (χ0n) is 11.1. The molecule has 102 valence electrons. The maximum atomic E-state index is 10.9. The van der Waals surface area contributed by atoms with Gasteiger partial charge in [0.2, 0.25) is 0 Å². The van der Waals surface area contributed by atoms with Gasteiger partial charge in [-0.1, -0.05) is 6.92 Å². The van der Waals surface area contributed by atoms with Gasteiger partial charge in [0.1, 0.15) is 11.6 Å². The van der Waals surface area contributed by atoms with Crippen LogP contribution in [0, 0.1) is 0 Å². The highest BCUT2D eigenvalue weighted by Gasteiger charge is 2.03. The van der Waals surface area contributed by atoms with Crippen LogP contribution < -0.4 is 5.32 Å². The number of ketones is 1. The van der Waals surface area contributed by atoms with Gasteiger partial charge in [0.15, 0.2) is 0 Å². The van der Waals surface area contributed by atoms with Crippen LogP contribution in [0.5, 0.6) is 0 Å². The van der Waals surface area contributed by atoms with Gasteiger partial charge in [0, 0.05) is 25.2 Å². The van der Waals surface area contributed by atoms with Gasteiger partial charge in [-0.25, -0.2) is 9.78 Å². The molecule has 0 saturated heterocycles. The number of carboxylic acids is 1. The molecular weight excluding hydrogens is 244 g/mol. The van der Waals surface area contributed by atoms with Crippen molar-refractivity contribution in [1.29, 1.82) is 0 Å². The Kier molecular flexibility index (Phi) is 5.73. The number of aliphatic carboxylic acids is 1. The van der Waals surface area contributed by atoms with Gasteiger partial charge < -0.3 is 10.4 Å². The van der Waals surface area contributed by atoms with E-state index in [-0.39, 0.29) is 5.78 Å². The molecule has 0 fully saturated rings. The molecule has 2 N–H and O–H groups in total. The predicted octanol–water partition coefficient (Wildman–Crippen LogP) is 2.13. The lowest BCUT2D eigenvalue weighted by Gasteiger charge is -2.09. The maximum absolute atomic E-state index is 10.9. The molecule has 0 spiro atoms. The molecule has 0 radical (unpaired) electrons. The first kappa shape index (κ1) is 14.9. The van der Waals surface area contributed by atoms with Gasteiger partial charge in [-0.05, 0) is 36.6 Å². The van der Waals surface area contributed by atoms with Gasteiger partial charge in [-0.3, -0.25) is 4.79 Å². The molecule has 5 nitrogen and oxygen atoms in total. The molecular formula is C14H18N2O3. The highest BCUT2D eigenvalue weighted by Crippen LogP contribution is 2.16. The van der Waals surface area contributed by atoms with Crippen LogP contribution >= 0.6 is 0 Å². The third-order valence-corrected chi connectivity index (χ3v) is 2.56. The van der Waals surface area contributed by atoms with Crippen molar-refractivity contribution in [1.82, 2.24) is 4.98 Å². The van der Waals surface area contributed by atoms with Gasteiger partial charge in [0.05, 0.1) is 0 Å². The maximum Gasteiger partial charge on any atom is 0.328 e. The number of carboxylic acid groups (broad SMARTS) is 1. The van der Waals surface area contributed by atoms with E-state index in [0.717, 1.165) is 29.4 Å². The number of carbonyl (C=O) groups excluding carboxylic acids is 1. The molecule has 0 atom stereocenters. The van der Waals surface area contributed by atoms with Gasteiger partial charge in [0.25, 0.3) is 0 Å². The van der Waals surface area contributed by atoms with Crippen molar-refractivity contribution in [3.05, 3.63) is 29.5 Å². The van der Waals surface area contributed by atoms with E-state index in [1.165, 1.54) is 6.08 Å². The zero-order valence-corrected chi connectivity index (χ0v) is 11.1. The Hall–Kier alpha value is -2.17. The van der Waals surface area contributed by atoms with Gasteiger partial charge >= 0.3 is 5.97 Å². The highest BCUT2D eigenvalue weighted by atomic mass is 16.4. The van der Waals surface area contributed by atoms with E-state index < -0.39 is 5.97 Å². The smallest absolute Gasteiger partial charge is 0.328 e. The minimum atomic E-state index is -0.985. The van der Waals surface area contributed by atoms with Crippen molar-refractivity contribution in [3.63, 3.8) is 0 Å². The first-order valence-corrected chi connectivity index (χ1v) is 6.16. The molecule has 5 heteroatoms. The second-order valence-corrected chi connectivity index (χ2v) is 4.18. The number of aryl methyl sites for hydroxylation is 1. The first-order chi connectivity index (χ1) is 9.02. The molecule has 1 rings (SSSR count). The standard InChI is InChI=1S/C14H18N2O3/c1-3-12-8-11(4-5-13(18)19)9-16-14(12)15-7-6-10(2)17/h4-5,8-9H,3,6-7H2,1-2H3,(H,15,16)(H,18,19)/b5-4+. The normalized spacial score (nSPS) is 10.6. The Bertz CT molecular complexity index is 495. The van der Waals surface area contributed by atoms with Crippen LogP contribution in [0.1, 0.15) is 31.4 Å². The van der Waals surface area contributed by atoms with E-state index in [4.69, 9.17) is 5.11 Å². The molecule has 0 bridgehead atoms. The summed E-state index contributed by atoms with van der Waals surface area (Å²) < 4.78 is 0. The summed E-state index contributed by atoms with van der Waals surface area (Å²) in [6.45, 7) is 4.10. The van der Waals surface area contributed by atoms with Crippen molar-refractivity contribution in [2.24, 2.45) is 0 Å². The van der Waals surface area contributed by atoms with Crippen LogP contribution in [-0.4, -0.2) is 28.4 Å². The molecule has 0 aliphatic heterocycles. The summed E-state index contributed by atoms with van der Waals surface area (Å²) in [6.07, 6.45) is 5.44. The molecule has 19 heavy (non-hydrogen) atoms. The molecule has 0 aliphatic carbocycles. The van der Waals surface area contributed by atoms with E-state index in [2.05, 4.69) is 10.3 Å². The van der Waals surface area contributed by atoms with Crippen LogP contribution in [0.2, 0.25) is 0 Å². The lowest BCUT2D eigenvalue weighted by molar-refractivity contribution is -0.131. The number of hydrogen-bond acceptors (Lipinski definition) is 4. The fourth-order valence-corrected chi connectivity index (χ4v) is 1.57. The number of nitrogens with one attached hydrogen (secondary N) is 1. The van der Waals surface area contributed by atoms with E-state index in [1.54, 1.807) is 13.1 Å². The van der Waals surface area contributed by atoms with E-state index in [1.807, 2.05) is 13.0 Å². The number of Topliss-reactive ketones (excluding diaryl/α,β-unsaturated/α-hetero) is 1. The first-order valence-electron chi connectivity index (χ1n) is 6.16. The minimum Gasteiger partial charge on any atom is -0.478 e.